The molecule has 0 aliphatic carbocycles. The lowest BCUT2D eigenvalue weighted by molar-refractivity contribution is -0.120. The third kappa shape index (κ3) is 4.76. The second-order valence-electron chi connectivity index (χ2n) is 5.04. The molecule has 21 heavy (non-hydrogen) atoms. The molecule has 0 saturated carbocycles. The molecular formula is C17H17Cl2NO. The fourth-order valence-corrected chi connectivity index (χ4v) is 2.38. The molecule has 0 bridgehead atoms. The fourth-order valence-electron chi connectivity index (χ4n) is 2.06. The van der Waals surface area contributed by atoms with Gasteiger partial charge in [0.1, 0.15) is 0 Å². The summed E-state index contributed by atoms with van der Waals surface area (Å²) in [7, 11) is 0. The number of carbonyl (C=O) groups excluding carboxylic acids is 1. The van der Waals surface area contributed by atoms with Crippen molar-refractivity contribution < 1.29 is 4.79 Å². The number of halogens is 2. The summed E-state index contributed by atoms with van der Waals surface area (Å²) in [6, 6.07) is 15.4. The van der Waals surface area contributed by atoms with Gasteiger partial charge >= 0.3 is 0 Å². The molecule has 2 aromatic rings. The average molecular weight is 322 g/mol. The normalized spacial score (nSPS) is 12.0. The maximum absolute atomic E-state index is 12.0. The van der Waals surface area contributed by atoms with Crippen LogP contribution in [0.4, 0.5) is 0 Å². The van der Waals surface area contributed by atoms with Crippen LogP contribution in [-0.2, 0) is 11.2 Å². The molecule has 0 heterocycles. The highest BCUT2D eigenvalue weighted by molar-refractivity contribution is 6.42. The van der Waals surface area contributed by atoms with E-state index in [0.717, 1.165) is 5.56 Å². The minimum Gasteiger partial charge on any atom is -0.355 e. The van der Waals surface area contributed by atoms with Gasteiger partial charge in [0.05, 0.1) is 16.5 Å². The largest absolute Gasteiger partial charge is 0.355 e. The first kappa shape index (κ1) is 15.9. The van der Waals surface area contributed by atoms with Crippen LogP contribution in [0.1, 0.15) is 24.0 Å². The monoisotopic (exact) mass is 321 g/mol. The first-order valence-corrected chi connectivity index (χ1v) is 7.57. The molecule has 0 saturated heterocycles. The van der Waals surface area contributed by atoms with Crippen LogP contribution < -0.4 is 5.32 Å². The lowest BCUT2D eigenvalue weighted by atomic mass is 10.0. The zero-order valence-corrected chi connectivity index (χ0v) is 13.3. The molecule has 1 N–H and O–H groups in total. The van der Waals surface area contributed by atoms with Crippen LogP contribution in [0.2, 0.25) is 10.0 Å². The van der Waals surface area contributed by atoms with Crippen LogP contribution in [0.5, 0.6) is 0 Å². The molecule has 0 aliphatic heterocycles. The molecule has 2 nitrogen and oxygen atoms in total. The van der Waals surface area contributed by atoms with E-state index in [-0.39, 0.29) is 11.8 Å². The molecule has 2 aromatic carbocycles. The summed E-state index contributed by atoms with van der Waals surface area (Å²) in [6.07, 6.45) is 0.304. The van der Waals surface area contributed by atoms with Crippen molar-refractivity contribution >= 4 is 29.1 Å². The van der Waals surface area contributed by atoms with Gasteiger partial charge in [-0.05, 0) is 29.2 Å². The average Bonchev–Trinajstić information content (AvgIpc) is 2.49. The van der Waals surface area contributed by atoms with Gasteiger partial charge in [0.2, 0.25) is 5.91 Å². The van der Waals surface area contributed by atoms with E-state index in [0.29, 0.717) is 23.0 Å². The van der Waals surface area contributed by atoms with E-state index in [1.54, 1.807) is 12.1 Å². The first-order chi connectivity index (χ1) is 10.1. The number of benzene rings is 2. The Morgan fingerprint density at radius 2 is 1.81 bits per heavy atom. The van der Waals surface area contributed by atoms with Gasteiger partial charge in [0.25, 0.3) is 0 Å². The number of hydrogen-bond donors (Lipinski definition) is 1. The molecule has 0 radical (unpaired) electrons. The van der Waals surface area contributed by atoms with E-state index >= 15 is 0 Å². The van der Waals surface area contributed by atoms with Gasteiger partial charge in [-0.25, -0.2) is 0 Å². The zero-order chi connectivity index (χ0) is 15.2. The van der Waals surface area contributed by atoms with Crippen LogP contribution in [-0.4, -0.2) is 12.5 Å². The Bertz CT molecular complexity index is 613. The highest BCUT2D eigenvalue weighted by atomic mass is 35.5. The molecule has 0 aromatic heterocycles. The predicted molar refractivity (Wildman–Crippen MR) is 88.0 cm³/mol. The second kappa shape index (κ2) is 7.48. The number of amides is 1. The molecule has 4 heteroatoms. The van der Waals surface area contributed by atoms with E-state index < -0.39 is 0 Å². The minimum atomic E-state index is -0.0174. The van der Waals surface area contributed by atoms with Crippen LogP contribution in [0, 0.1) is 0 Å². The lowest BCUT2D eigenvalue weighted by Crippen LogP contribution is -2.28. The summed E-state index contributed by atoms with van der Waals surface area (Å²) >= 11 is 11.8. The van der Waals surface area contributed by atoms with Crippen molar-refractivity contribution in [3.8, 4) is 0 Å². The second-order valence-corrected chi connectivity index (χ2v) is 5.86. The van der Waals surface area contributed by atoms with Crippen molar-refractivity contribution in [2.24, 2.45) is 0 Å². The highest BCUT2D eigenvalue weighted by Crippen LogP contribution is 2.22. The van der Waals surface area contributed by atoms with Crippen molar-refractivity contribution in [3.63, 3.8) is 0 Å². The molecule has 2 rings (SSSR count). The summed E-state index contributed by atoms with van der Waals surface area (Å²) in [4.78, 5) is 12.0. The van der Waals surface area contributed by atoms with E-state index in [4.69, 9.17) is 23.2 Å². The van der Waals surface area contributed by atoms with Gasteiger partial charge in [-0.1, -0.05) is 66.5 Å². The summed E-state index contributed by atoms with van der Waals surface area (Å²) in [5.74, 6) is 0.264. The number of rotatable bonds is 5. The summed E-state index contributed by atoms with van der Waals surface area (Å²) in [6.45, 7) is 2.71. The quantitative estimate of drug-likeness (QED) is 0.865. The molecule has 0 spiro atoms. The Morgan fingerprint density at radius 1 is 1.10 bits per heavy atom. The predicted octanol–water partition coefficient (Wildman–Crippen LogP) is 4.46. The molecule has 0 aliphatic rings. The third-order valence-corrected chi connectivity index (χ3v) is 4.06. The van der Waals surface area contributed by atoms with Crippen LogP contribution >= 0.6 is 23.2 Å². The van der Waals surface area contributed by atoms with Crippen molar-refractivity contribution in [2.75, 3.05) is 6.54 Å². The van der Waals surface area contributed by atoms with Crippen LogP contribution in [0.3, 0.4) is 0 Å². The van der Waals surface area contributed by atoms with E-state index in [2.05, 4.69) is 24.4 Å². The Hall–Kier alpha value is -1.51. The van der Waals surface area contributed by atoms with Crippen LogP contribution in [0.25, 0.3) is 0 Å². The maximum Gasteiger partial charge on any atom is 0.224 e. The standard InChI is InChI=1S/C17H17Cl2NO/c1-12(14-5-3-2-4-6-14)11-20-17(21)10-13-7-8-15(18)16(19)9-13/h2-9,12H,10-11H2,1H3,(H,20,21)/t12-/m1/s1. The van der Waals surface area contributed by atoms with Crippen molar-refractivity contribution in [1.29, 1.82) is 0 Å². The van der Waals surface area contributed by atoms with E-state index in [9.17, 15) is 4.79 Å². The molecule has 0 unspecified atom stereocenters. The first-order valence-electron chi connectivity index (χ1n) is 6.82. The smallest absolute Gasteiger partial charge is 0.224 e. The van der Waals surface area contributed by atoms with Gasteiger partial charge < -0.3 is 5.32 Å². The lowest BCUT2D eigenvalue weighted by Gasteiger charge is -2.13. The molecular weight excluding hydrogens is 305 g/mol. The number of carbonyl (C=O) groups is 1. The van der Waals surface area contributed by atoms with Crippen molar-refractivity contribution in [3.05, 3.63) is 69.7 Å². The van der Waals surface area contributed by atoms with Crippen molar-refractivity contribution in [1.82, 2.24) is 5.32 Å². The minimum absolute atomic E-state index is 0.0174. The van der Waals surface area contributed by atoms with Gasteiger partial charge in [-0.2, -0.15) is 0 Å². The Balaban J connectivity index is 1.86. The molecule has 1 atom stereocenters. The topological polar surface area (TPSA) is 29.1 Å². The van der Waals surface area contributed by atoms with Gasteiger partial charge in [0, 0.05) is 6.54 Å². The number of hydrogen-bond acceptors (Lipinski definition) is 1. The molecule has 0 fully saturated rings. The molecule has 110 valence electrons. The summed E-state index contributed by atoms with van der Waals surface area (Å²) in [5.41, 5.74) is 2.07. The highest BCUT2D eigenvalue weighted by Gasteiger charge is 2.09. The SMILES string of the molecule is C[C@H](CNC(=O)Cc1ccc(Cl)c(Cl)c1)c1ccccc1. The van der Waals surface area contributed by atoms with Crippen molar-refractivity contribution in [2.45, 2.75) is 19.3 Å². The van der Waals surface area contributed by atoms with Crippen LogP contribution in [0.15, 0.2) is 48.5 Å². The number of nitrogens with one attached hydrogen (secondary N) is 1. The summed E-state index contributed by atoms with van der Waals surface area (Å²) < 4.78 is 0. The van der Waals surface area contributed by atoms with Gasteiger partial charge in [0.15, 0.2) is 0 Å². The zero-order valence-electron chi connectivity index (χ0n) is 11.8. The third-order valence-electron chi connectivity index (χ3n) is 3.32. The maximum atomic E-state index is 12.0. The summed E-state index contributed by atoms with van der Waals surface area (Å²) in [5, 5.41) is 3.92. The van der Waals surface area contributed by atoms with E-state index in [1.165, 1.54) is 5.56 Å². The van der Waals surface area contributed by atoms with E-state index in [1.807, 2.05) is 24.3 Å². The molecule has 1 amide bonds. The Morgan fingerprint density at radius 3 is 2.48 bits per heavy atom. The van der Waals surface area contributed by atoms with Gasteiger partial charge in [-0.15, -0.1) is 0 Å². The van der Waals surface area contributed by atoms with Gasteiger partial charge in [-0.3, -0.25) is 4.79 Å². The fraction of sp³-hybridized carbons (Fsp3) is 0.235. The Labute approximate surface area is 135 Å². The Kier molecular flexibility index (Phi) is 5.66.